The Kier molecular flexibility index (Phi) is 1.57. The van der Waals surface area contributed by atoms with Crippen LogP contribution in [0.25, 0.3) is 0 Å². The zero-order valence-corrected chi connectivity index (χ0v) is 7.50. The molecule has 1 saturated heterocycles. The first-order valence-corrected chi connectivity index (χ1v) is 4.52. The minimum Gasteiger partial charge on any atom is -0.365 e. The van der Waals surface area contributed by atoms with Gasteiger partial charge in [-0.3, -0.25) is 0 Å². The Balaban J connectivity index is 2.09. The highest BCUT2D eigenvalue weighted by atomic mass is 16.6. The average Bonchev–Trinajstić information content (AvgIpc) is 2.66. The predicted octanol–water partition coefficient (Wildman–Crippen LogP) is 2.38. The minimum atomic E-state index is 0.496. The summed E-state index contributed by atoms with van der Waals surface area (Å²) in [5.74, 6) is 1.55. The van der Waals surface area contributed by atoms with Gasteiger partial charge in [0, 0.05) is 0 Å². The molecule has 0 radical (unpaired) electrons. The van der Waals surface area contributed by atoms with E-state index >= 15 is 0 Å². The van der Waals surface area contributed by atoms with E-state index in [2.05, 4.69) is 26.8 Å². The molecule has 62 valence electrons. The third kappa shape index (κ3) is 1.12. The van der Waals surface area contributed by atoms with Crippen LogP contribution >= 0.6 is 0 Å². The second-order valence-electron chi connectivity index (χ2n) is 4.11. The maximum atomic E-state index is 5.60. The van der Waals surface area contributed by atoms with Gasteiger partial charge in [0.05, 0.1) is 6.10 Å². The molecule has 1 heteroatoms. The molecule has 11 heavy (non-hydrogen) atoms. The van der Waals surface area contributed by atoms with Crippen LogP contribution in [0.1, 0.15) is 27.2 Å². The molecule has 0 spiro atoms. The first-order chi connectivity index (χ1) is 5.20. The summed E-state index contributed by atoms with van der Waals surface area (Å²) in [6, 6.07) is 0. The molecule has 0 amide bonds. The maximum absolute atomic E-state index is 5.60. The van der Waals surface area contributed by atoms with Crippen LogP contribution in [0.5, 0.6) is 0 Å². The van der Waals surface area contributed by atoms with Gasteiger partial charge in [0.2, 0.25) is 0 Å². The highest BCUT2D eigenvalue weighted by Crippen LogP contribution is 2.43. The van der Waals surface area contributed by atoms with E-state index in [1.807, 2.05) is 0 Å². The quantitative estimate of drug-likeness (QED) is 0.415. The molecule has 1 heterocycles. The van der Waals surface area contributed by atoms with Gasteiger partial charge in [-0.1, -0.05) is 19.9 Å². The van der Waals surface area contributed by atoms with E-state index in [1.165, 1.54) is 12.0 Å². The summed E-state index contributed by atoms with van der Waals surface area (Å²) in [5, 5.41) is 0. The lowest BCUT2D eigenvalue weighted by atomic mass is 9.83. The second-order valence-corrected chi connectivity index (χ2v) is 4.11. The van der Waals surface area contributed by atoms with Crippen molar-refractivity contribution in [3.05, 3.63) is 11.6 Å². The highest BCUT2D eigenvalue weighted by molar-refractivity contribution is 5.20. The van der Waals surface area contributed by atoms with Crippen LogP contribution in [0, 0.1) is 11.8 Å². The lowest BCUT2D eigenvalue weighted by Gasteiger charge is -2.20. The zero-order chi connectivity index (χ0) is 8.01. The van der Waals surface area contributed by atoms with E-state index in [0.717, 1.165) is 11.8 Å². The third-order valence-electron chi connectivity index (χ3n) is 2.96. The molecule has 0 aromatic heterocycles. The molecule has 1 fully saturated rings. The van der Waals surface area contributed by atoms with E-state index in [0.29, 0.717) is 12.2 Å². The molecule has 2 unspecified atom stereocenters. The van der Waals surface area contributed by atoms with Gasteiger partial charge in [0.1, 0.15) is 6.10 Å². The number of allylic oxidation sites excluding steroid dienone is 1. The van der Waals surface area contributed by atoms with E-state index in [-0.39, 0.29) is 0 Å². The fraction of sp³-hybridized carbons (Fsp3) is 0.800. The van der Waals surface area contributed by atoms with Crippen molar-refractivity contribution in [2.75, 3.05) is 0 Å². The molecule has 0 aromatic rings. The fourth-order valence-electron chi connectivity index (χ4n) is 2.04. The topological polar surface area (TPSA) is 12.5 Å². The molecule has 2 aliphatic rings. The number of ether oxygens (including phenoxy) is 1. The summed E-state index contributed by atoms with van der Waals surface area (Å²) in [4.78, 5) is 0. The van der Waals surface area contributed by atoms with Gasteiger partial charge in [-0.05, 0) is 30.8 Å². The Hall–Kier alpha value is -0.300. The van der Waals surface area contributed by atoms with Crippen LogP contribution in [-0.2, 0) is 4.74 Å². The van der Waals surface area contributed by atoms with Crippen LogP contribution in [0.2, 0.25) is 0 Å². The SMILES string of the molecule is CC1=CC[C@@H](C(C)C)C2OC12. The second kappa shape index (κ2) is 2.34. The number of hydrogen-bond acceptors (Lipinski definition) is 1. The average molecular weight is 152 g/mol. The van der Waals surface area contributed by atoms with Gasteiger partial charge >= 0.3 is 0 Å². The van der Waals surface area contributed by atoms with Crippen LogP contribution in [0.3, 0.4) is 0 Å². The minimum absolute atomic E-state index is 0.496. The highest BCUT2D eigenvalue weighted by Gasteiger charge is 2.48. The normalized spacial score (nSPS) is 41.8. The van der Waals surface area contributed by atoms with E-state index in [1.54, 1.807) is 0 Å². The van der Waals surface area contributed by atoms with Crippen molar-refractivity contribution in [1.29, 1.82) is 0 Å². The Morgan fingerprint density at radius 3 is 2.91 bits per heavy atom. The van der Waals surface area contributed by atoms with E-state index in [4.69, 9.17) is 4.74 Å². The van der Waals surface area contributed by atoms with Crippen LogP contribution in [0.15, 0.2) is 11.6 Å². The van der Waals surface area contributed by atoms with Crippen molar-refractivity contribution >= 4 is 0 Å². The molecule has 0 N–H and O–H groups in total. The number of rotatable bonds is 1. The molecule has 0 saturated carbocycles. The molecule has 0 bridgehead atoms. The van der Waals surface area contributed by atoms with E-state index < -0.39 is 0 Å². The Morgan fingerprint density at radius 2 is 2.27 bits per heavy atom. The summed E-state index contributed by atoms with van der Waals surface area (Å²) in [6.07, 6.45) is 4.64. The monoisotopic (exact) mass is 152 g/mol. The third-order valence-corrected chi connectivity index (χ3v) is 2.96. The molecule has 2 rings (SSSR count). The predicted molar refractivity (Wildman–Crippen MR) is 45.4 cm³/mol. The van der Waals surface area contributed by atoms with Crippen LogP contribution in [0.4, 0.5) is 0 Å². The van der Waals surface area contributed by atoms with Crippen molar-refractivity contribution in [3.63, 3.8) is 0 Å². The lowest BCUT2D eigenvalue weighted by molar-refractivity contribution is 0.274. The first-order valence-electron chi connectivity index (χ1n) is 4.52. The van der Waals surface area contributed by atoms with Crippen molar-refractivity contribution in [2.24, 2.45) is 11.8 Å². The molecule has 1 nitrogen and oxygen atoms in total. The maximum Gasteiger partial charge on any atom is 0.105 e. The van der Waals surface area contributed by atoms with Gasteiger partial charge in [-0.15, -0.1) is 0 Å². The number of fused-ring (bicyclic) bond motifs is 1. The summed E-state index contributed by atoms with van der Waals surface area (Å²) < 4.78 is 5.60. The summed E-state index contributed by atoms with van der Waals surface area (Å²) in [5.41, 5.74) is 1.45. The van der Waals surface area contributed by atoms with Gasteiger partial charge in [-0.25, -0.2) is 0 Å². The van der Waals surface area contributed by atoms with Gasteiger partial charge in [0.15, 0.2) is 0 Å². The van der Waals surface area contributed by atoms with Crippen molar-refractivity contribution in [1.82, 2.24) is 0 Å². The summed E-state index contributed by atoms with van der Waals surface area (Å²) in [7, 11) is 0. The van der Waals surface area contributed by atoms with Crippen LogP contribution in [-0.4, -0.2) is 12.2 Å². The van der Waals surface area contributed by atoms with Gasteiger partial charge in [0.25, 0.3) is 0 Å². The summed E-state index contributed by atoms with van der Waals surface area (Å²) >= 11 is 0. The first kappa shape index (κ1) is 7.35. The van der Waals surface area contributed by atoms with Crippen LogP contribution < -0.4 is 0 Å². The number of hydrogen-bond donors (Lipinski definition) is 0. The van der Waals surface area contributed by atoms with E-state index in [9.17, 15) is 0 Å². The smallest absolute Gasteiger partial charge is 0.105 e. The standard InChI is InChI=1S/C10H16O/c1-6(2)8-5-4-7(3)9-10(8)11-9/h4,6,8-10H,5H2,1-3H3/t8-,9?,10?/m0/s1. The van der Waals surface area contributed by atoms with Gasteiger partial charge < -0.3 is 4.74 Å². The molecule has 1 aliphatic heterocycles. The Morgan fingerprint density at radius 1 is 1.55 bits per heavy atom. The molecule has 1 aliphatic carbocycles. The van der Waals surface area contributed by atoms with Gasteiger partial charge in [-0.2, -0.15) is 0 Å². The molecular formula is C10H16O. The fourth-order valence-corrected chi connectivity index (χ4v) is 2.04. The Bertz CT molecular complexity index is 193. The molecule has 0 aromatic carbocycles. The van der Waals surface area contributed by atoms with Crippen molar-refractivity contribution < 1.29 is 4.74 Å². The Labute approximate surface area is 68.4 Å². The zero-order valence-electron chi connectivity index (χ0n) is 7.50. The summed E-state index contributed by atoms with van der Waals surface area (Å²) in [6.45, 7) is 6.76. The lowest BCUT2D eigenvalue weighted by Crippen LogP contribution is -2.20. The molecular weight excluding hydrogens is 136 g/mol. The van der Waals surface area contributed by atoms with Crippen molar-refractivity contribution in [3.8, 4) is 0 Å². The largest absolute Gasteiger partial charge is 0.365 e. The van der Waals surface area contributed by atoms with Crippen molar-refractivity contribution in [2.45, 2.75) is 39.4 Å². The molecule has 3 atom stereocenters. The number of epoxide rings is 1.